The maximum Gasteiger partial charge on any atom is 0.329 e. The Morgan fingerprint density at radius 3 is 2.33 bits per heavy atom. The van der Waals surface area contributed by atoms with Gasteiger partial charge in [0.05, 0.1) is 25.7 Å². The molecule has 0 bridgehead atoms. The van der Waals surface area contributed by atoms with Crippen molar-refractivity contribution in [3.63, 3.8) is 0 Å². The first-order chi connectivity index (χ1) is 12.8. The number of carbonyl (C=O) groups is 3. The second kappa shape index (κ2) is 12.0. The predicted molar refractivity (Wildman–Crippen MR) is 101 cm³/mol. The van der Waals surface area contributed by atoms with Crippen LogP contribution < -0.4 is 5.32 Å². The van der Waals surface area contributed by atoms with Crippen molar-refractivity contribution >= 4 is 17.8 Å². The van der Waals surface area contributed by atoms with E-state index in [9.17, 15) is 14.4 Å². The van der Waals surface area contributed by atoms with Gasteiger partial charge in [0.2, 0.25) is 5.91 Å². The van der Waals surface area contributed by atoms with Gasteiger partial charge in [-0.1, -0.05) is 27.2 Å². The van der Waals surface area contributed by atoms with Crippen LogP contribution in [0.15, 0.2) is 0 Å². The molecule has 27 heavy (non-hydrogen) atoms. The van der Waals surface area contributed by atoms with Gasteiger partial charge in [-0.15, -0.1) is 0 Å². The number of rotatable bonds is 10. The fraction of sp³-hybridized carbons (Fsp3) is 0.850. The van der Waals surface area contributed by atoms with E-state index in [2.05, 4.69) is 26.1 Å². The van der Waals surface area contributed by atoms with Gasteiger partial charge in [0.15, 0.2) is 0 Å². The molecule has 7 heteroatoms. The fourth-order valence-electron chi connectivity index (χ4n) is 3.55. The summed E-state index contributed by atoms with van der Waals surface area (Å²) in [6, 6.07) is -1.06. The van der Waals surface area contributed by atoms with Crippen LogP contribution in [0.2, 0.25) is 0 Å². The molecule has 0 aromatic heterocycles. The van der Waals surface area contributed by atoms with Crippen molar-refractivity contribution in [2.75, 3.05) is 19.8 Å². The topological polar surface area (TPSA) is 90.9 Å². The van der Waals surface area contributed by atoms with Gasteiger partial charge in [-0.3, -0.25) is 9.59 Å². The summed E-state index contributed by atoms with van der Waals surface area (Å²) in [6.45, 7) is 10.1. The van der Waals surface area contributed by atoms with Crippen molar-refractivity contribution in [2.45, 2.75) is 72.4 Å². The number of hydrogen-bond acceptors (Lipinski definition) is 6. The summed E-state index contributed by atoms with van der Waals surface area (Å²) >= 11 is 0. The van der Waals surface area contributed by atoms with E-state index in [-0.39, 0.29) is 32.3 Å². The lowest BCUT2D eigenvalue weighted by Crippen LogP contribution is -2.46. The molecule has 1 saturated carbocycles. The molecule has 1 rings (SSSR count). The van der Waals surface area contributed by atoms with E-state index >= 15 is 0 Å². The van der Waals surface area contributed by atoms with Crippen LogP contribution in [0.3, 0.4) is 0 Å². The molecule has 1 aliphatic carbocycles. The maximum absolute atomic E-state index is 12.3. The van der Waals surface area contributed by atoms with Gasteiger partial charge in [0.25, 0.3) is 0 Å². The minimum atomic E-state index is -1.06. The Morgan fingerprint density at radius 1 is 1.07 bits per heavy atom. The minimum absolute atomic E-state index is 0.0330. The molecule has 1 N–H and O–H groups in total. The molecule has 0 saturated heterocycles. The standard InChI is InChI=1S/C20H35NO6/c1-6-25-19(23)11-16(20(24)26-7-2)21-18(22)12-27-17-10-14(5)8-9-15(17)13(3)4/h13-17H,6-12H2,1-5H3,(H,21,22)/t14?,15?,16-,17?/m1/s1. The normalized spacial score (nSPS) is 23.6. The monoisotopic (exact) mass is 385 g/mol. The summed E-state index contributed by atoms with van der Waals surface area (Å²) in [5.74, 6) is -0.152. The molecule has 1 amide bonds. The van der Waals surface area contributed by atoms with Gasteiger partial charge >= 0.3 is 11.9 Å². The zero-order valence-electron chi connectivity index (χ0n) is 17.3. The molecule has 7 nitrogen and oxygen atoms in total. The Labute approximate surface area is 162 Å². The molecule has 1 aliphatic rings. The number of esters is 2. The van der Waals surface area contributed by atoms with Crippen LogP contribution in [-0.2, 0) is 28.6 Å². The molecular formula is C20H35NO6. The van der Waals surface area contributed by atoms with Crippen LogP contribution in [0.1, 0.15) is 60.3 Å². The highest BCUT2D eigenvalue weighted by molar-refractivity contribution is 5.88. The van der Waals surface area contributed by atoms with Gasteiger partial charge in [-0.2, -0.15) is 0 Å². The van der Waals surface area contributed by atoms with Crippen LogP contribution in [0.5, 0.6) is 0 Å². The summed E-state index contributed by atoms with van der Waals surface area (Å²) in [5, 5.41) is 2.55. The molecule has 3 unspecified atom stereocenters. The van der Waals surface area contributed by atoms with Crippen LogP contribution >= 0.6 is 0 Å². The maximum atomic E-state index is 12.3. The lowest BCUT2D eigenvalue weighted by Gasteiger charge is -2.37. The van der Waals surface area contributed by atoms with Crippen LogP contribution in [-0.4, -0.2) is 49.8 Å². The Hall–Kier alpha value is -1.63. The first-order valence-electron chi connectivity index (χ1n) is 10.0. The molecule has 0 aliphatic heterocycles. The van der Waals surface area contributed by atoms with E-state index in [1.807, 2.05) is 0 Å². The van der Waals surface area contributed by atoms with E-state index in [4.69, 9.17) is 14.2 Å². The zero-order valence-corrected chi connectivity index (χ0v) is 17.3. The van der Waals surface area contributed by atoms with E-state index in [1.54, 1.807) is 13.8 Å². The van der Waals surface area contributed by atoms with E-state index < -0.39 is 23.9 Å². The van der Waals surface area contributed by atoms with E-state index in [0.29, 0.717) is 17.8 Å². The highest BCUT2D eigenvalue weighted by Gasteiger charge is 2.32. The van der Waals surface area contributed by atoms with Crippen molar-refractivity contribution in [3.05, 3.63) is 0 Å². The fourth-order valence-corrected chi connectivity index (χ4v) is 3.55. The lowest BCUT2D eigenvalue weighted by molar-refractivity contribution is -0.154. The van der Waals surface area contributed by atoms with E-state index in [1.165, 1.54) is 6.42 Å². The largest absolute Gasteiger partial charge is 0.466 e. The first-order valence-corrected chi connectivity index (χ1v) is 10.0. The van der Waals surface area contributed by atoms with Crippen molar-refractivity contribution in [1.82, 2.24) is 5.32 Å². The number of ether oxygens (including phenoxy) is 3. The predicted octanol–water partition coefficient (Wildman–Crippen LogP) is 2.46. The Morgan fingerprint density at radius 2 is 1.74 bits per heavy atom. The minimum Gasteiger partial charge on any atom is -0.466 e. The number of nitrogens with one attached hydrogen (secondary N) is 1. The van der Waals surface area contributed by atoms with Crippen molar-refractivity contribution in [3.8, 4) is 0 Å². The van der Waals surface area contributed by atoms with Gasteiger partial charge in [-0.25, -0.2) is 4.79 Å². The van der Waals surface area contributed by atoms with Crippen LogP contribution in [0, 0.1) is 17.8 Å². The van der Waals surface area contributed by atoms with Gasteiger partial charge in [0.1, 0.15) is 12.6 Å². The summed E-state index contributed by atoms with van der Waals surface area (Å²) in [6.07, 6.45) is 2.98. The quantitative estimate of drug-likeness (QED) is 0.581. The van der Waals surface area contributed by atoms with Gasteiger partial charge < -0.3 is 19.5 Å². The third-order valence-corrected chi connectivity index (χ3v) is 4.97. The Kier molecular flexibility index (Phi) is 10.4. The zero-order chi connectivity index (χ0) is 20.4. The molecule has 0 spiro atoms. The van der Waals surface area contributed by atoms with Crippen LogP contribution in [0.4, 0.5) is 0 Å². The highest BCUT2D eigenvalue weighted by atomic mass is 16.5. The molecular weight excluding hydrogens is 350 g/mol. The van der Waals surface area contributed by atoms with Crippen LogP contribution in [0.25, 0.3) is 0 Å². The van der Waals surface area contributed by atoms with Crippen molar-refractivity contribution in [2.24, 2.45) is 17.8 Å². The second-order valence-corrected chi connectivity index (χ2v) is 7.56. The number of carbonyl (C=O) groups excluding carboxylic acids is 3. The summed E-state index contributed by atoms with van der Waals surface area (Å²) in [5.41, 5.74) is 0. The van der Waals surface area contributed by atoms with Gasteiger partial charge in [-0.05, 0) is 44.4 Å². The molecule has 0 aromatic rings. The lowest BCUT2D eigenvalue weighted by atomic mass is 9.75. The third kappa shape index (κ3) is 8.28. The van der Waals surface area contributed by atoms with Gasteiger partial charge in [0, 0.05) is 0 Å². The highest BCUT2D eigenvalue weighted by Crippen LogP contribution is 2.35. The Bertz CT molecular complexity index is 493. The van der Waals surface area contributed by atoms with Crippen molar-refractivity contribution < 1.29 is 28.6 Å². The first kappa shape index (κ1) is 23.4. The molecule has 4 atom stereocenters. The molecule has 0 heterocycles. The SMILES string of the molecule is CCOC(=O)C[C@@H](NC(=O)COC1CC(C)CCC1C(C)C)C(=O)OCC. The number of amides is 1. The molecule has 1 fully saturated rings. The summed E-state index contributed by atoms with van der Waals surface area (Å²) in [7, 11) is 0. The van der Waals surface area contributed by atoms with Crippen molar-refractivity contribution in [1.29, 1.82) is 0 Å². The summed E-state index contributed by atoms with van der Waals surface area (Å²) < 4.78 is 15.7. The third-order valence-electron chi connectivity index (χ3n) is 4.97. The summed E-state index contributed by atoms with van der Waals surface area (Å²) in [4.78, 5) is 36.0. The molecule has 0 aromatic carbocycles. The average molecular weight is 386 g/mol. The second-order valence-electron chi connectivity index (χ2n) is 7.56. The molecule has 156 valence electrons. The smallest absolute Gasteiger partial charge is 0.329 e. The Balaban J connectivity index is 2.61. The number of hydrogen-bond donors (Lipinski definition) is 1. The molecule has 0 radical (unpaired) electrons. The average Bonchev–Trinajstić information content (AvgIpc) is 2.59. The van der Waals surface area contributed by atoms with E-state index in [0.717, 1.165) is 12.8 Å².